The first kappa shape index (κ1) is 21.8. The van der Waals surface area contributed by atoms with E-state index in [0.29, 0.717) is 27.1 Å². The fraction of sp³-hybridized carbons (Fsp3) is 0.208. The van der Waals surface area contributed by atoms with Crippen LogP contribution in [-0.4, -0.2) is 21.2 Å². The Morgan fingerprint density at radius 2 is 1.91 bits per heavy atom. The maximum Gasteiger partial charge on any atom is 0.267 e. The molecule has 0 atom stereocenters. The molecular weight excluding hydrogens is 464 g/mol. The van der Waals surface area contributed by atoms with Crippen molar-refractivity contribution < 1.29 is 13.6 Å². The van der Waals surface area contributed by atoms with Crippen molar-refractivity contribution in [3.05, 3.63) is 81.0 Å². The fourth-order valence-electron chi connectivity index (χ4n) is 4.00. The lowest BCUT2D eigenvalue weighted by molar-refractivity contribution is -0.113. The highest BCUT2D eigenvalue weighted by Gasteiger charge is 2.23. The van der Waals surface area contributed by atoms with Crippen LogP contribution in [0.3, 0.4) is 0 Å². The summed E-state index contributed by atoms with van der Waals surface area (Å²) < 4.78 is 28.5. The maximum absolute atomic E-state index is 13.9. The van der Waals surface area contributed by atoms with Gasteiger partial charge >= 0.3 is 0 Å². The third kappa shape index (κ3) is 4.30. The second kappa shape index (κ2) is 9.07. The number of fused-ring (bicyclic) bond motifs is 3. The summed E-state index contributed by atoms with van der Waals surface area (Å²) in [7, 11) is 0. The molecule has 1 amide bonds. The lowest BCUT2D eigenvalue weighted by atomic mass is 9.97. The van der Waals surface area contributed by atoms with Crippen LogP contribution in [0.15, 0.2) is 58.5 Å². The molecule has 0 saturated carbocycles. The molecule has 0 bridgehead atoms. The Balaban J connectivity index is 1.50. The number of hydrogen-bond donors (Lipinski definition) is 1. The molecule has 2 aromatic heterocycles. The van der Waals surface area contributed by atoms with E-state index in [-0.39, 0.29) is 17.0 Å². The molecule has 0 spiro atoms. The van der Waals surface area contributed by atoms with Gasteiger partial charge in [-0.3, -0.25) is 14.2 Å². The van der Waals surface area contributed by atoms with Gasteiger partial charge in [0.2, 0.25) is 5.91 Å². The molecule has 0 unspecified atom stereocenters. The molecule has 0 saturated heterocycles. The Morgan fingerprint density at radius 3 is 2.70 bits per heavy atom. The van der Waals surface area contributed by atoms with Crippen LogP contribution in [0.1, 0.15) is 23.3 Å². The van der Waals surface area contributed by atoms with Gasteiger partial charge in [0.15, 0.2) is 5.16 Å². The predicted octanol–water partition coefficient (Wildman–Crippen LogP) is 5.34. The van der Waals surface area contributed by atoms with Gasteiger partial charge in [0.1, 0.15) is 16.5 Å². The second-order valence-corrected chi connectivity index (χ2v) is 9.75. The number of aromatic nitrogens is 2. The number of nitrogens with one attached hydrogen (secondary N) is 1. The first-order valence-electron chi connectivity index (χ1n) is 10.5. The average molecular weight is 484 g/mol. The molecule has 5 rings (SSSR count). The van der Waals surface area contributed by atoms with Crippen LogP contribution in [0.4, 0.5) is 14.5 Å². The van der Waals surface area contributed by atoms with Crippen molar-refractivity contribution in [2.75, 3.05) is 11.1 Å². The largest absolute Gasteiger partial charge is 0.323 e. The molecule has 2 aromatic carbocycles. The molecule has 1 aliphatic carbocycles. The number of amides is 1. The van der Waals surface area contributed by atoms with Crippen LogP contribution >= 0.6 is 23.1 Å². The van der Waals surface area contributed by atoms with E-state index in [0.717, 1.165) is 49.1 Å². The van der Waals surface area contributed by atoms with Crippen LogP contribution < -0.4 is 10.9 Å². The zero-order chi connectivity index (χ0) is 22.9. The van der Waals surface area contributed by atoms with E-state index in [1.807, 2.05) is 30.3 Å². The summed E-state index contributed by atoms with van der Waals surface area (Å²) in [6.45, 7) is 0. The van der Waals surface area contributed by atoms with E-state index < -0.39 is 17.5 Å². The molecule has 9 heteroatoms. The minimum Gasteiger partial charge on any atom is -0.323 e. The van der Waals surface area contributed by atoms with Crippen molar-refractivity contribution in [2.45, 2.75) is 30.8 Å². The van der Waals surface area contributed by atoms with Gasteiger partial charge in [0.25, 0.3) is 5.56 Å². The highest BCUT2D eigenvalue weighted by Crippen LogP contribution is 2.35. The molecule has 0 aliphatic heterocycles. The van der Waals surface area contributed by atoms with Gasteiger partial charge in [0.05, 0.1) is 22.5 Å². The summed E-state index contributed by atoms with van der Waals surface area (Å²) in [5.41, 5.74) is 1.53. The van der Waals surface area contributed by atoms with Crippen molar-refractivity contribution >= 4 is 44.9 Å². The van der Waals surface area contributed by atoms with E-state index in [9.17, 15) is 18.4 Å². The zero-order valence-corrected chi connectivity index (χ0v) is 19.1. The van der Waals surface area contributed by atoms with E-state index in [4.69, 9.17) is 4.98 Å². The third-order valence-corrected chi connectivity index (χ3v) is 7.63. The number of thiophene rings is 1. The second-order valence-electron chi connectivity index (χ2n) is 7.72. The molecule has 4 aromatic rings. The van der Waals surface area contributed by atoms with Gasteiger partial charge in [-0.1, -0.05) is 30.0 Å². The third-order valence-electron chi connectivity index (χ3n) is 5.51. The first-order chi connectivity index (χ1) is 16.0. The van der Waals surface area contributed by atoms with E-state index in [1.165, 1.54) is 10.9 Å². The van der Waals surface area contributed by atoms with Crippen LogP contribution in [0.5, 0.6) is 0 Å². The summed E-state index contributed by atoms with van der Waals surface area (Å²) in [6, 6.07) is 12.2. The molecule has 1 aliphatic rings. The van der Waals surface area contributed by atoms with E-state index in [1.54, 1.807) is 15.9 Å². The summed E-state index contributed by atoms with van der Waals surface area (Å²) in [5, 5.41) is 3.51. The van der Waals surface area contributed by atoms with Crippen LogP contribution in [-0.2, 0) is 17.6 Å². The van der Waals surface area contributed by atoms with Crippen LogP contribution in [0.2, 0.25) is 0 Å². The Labute approximate surface area is 196 Å². The molecule has 0 radical (unpaired) electrons. The minimum atomic E-state index is -0.849. The highest BCUT2D eigenvalue weighted by atomic mass is 32.2. The average Bonchev–Trinajstić information content (AvgIpc) is 3.19. The molecule has 1 N–H and O–H groups in total. The standard InChI is InChI=1S/C24H19F2N3O2S2/c25-14-10-11-18(17(26)12-14)27-20(30)13-32-24-28-22-21(16-8-4-5-9-19(16)33-22)23(31)29(24)15-6-2-1-3-7-15/h1-3,6-7,10-12H,4-5,8-9,13H2,(H,27,30). The Kier molecular flexibility index (Phi) is 5.99. The number of nitrogens with zero attached hydrogens (tertiary/aromatic N) is 2. The number of thioether (sulfide) groups is 1. The monoisotopic (exact) mass is 483 g/mol. The Bertz CT molecular complexity index is 1420. The summed E-state index contributed by atoms with van der Waals surface area (Å²) in [5.74, 6) is -2.14. The Hall–Kier alpha value is -3.04. The van der Waals surface area contributed by atoms with Crippen LogP contribution in [0, 0.1) is 11.6 Å². The number of hydrogen-bond acceptors (Lipinski definition) is 5. The predicted molar refractivity (Wildman–Crippen MR) is 128 cm³/mol. The number of halogens is 2. The highest BCUT2D eigenvalue weighted by molar-refractivity contribution is 7.99. The number of anilines is 1. The van der Waals surface area contributed by atoms with Crippen molar-refractivity contribution in [1.29, 1.82) is 0 Å². The van der Waals surface area contributed by atoms with Gasteiger partial charge in [-0.05, 0) is 55.5 Å². The van der Waals surface area contributed by atoms with Gasteiger partial charge in [-0.15, -0.1) is 11.3 Å². The quantitative estimate of drug-likeness (QED) is 0.308. The first-order valence-corrected chi connectivity index (χ1v) is 12.3. The molecule has 168 valence electrons. The van der Waals surface area contributed by atoms with Gasteiger partial charge in [0, 0.05) is 10.9 Å². The zero-order valence-electron chi connectivity index (χ0n) is 17.4. The number of carbonyl (C=O) groups is 1. The van der Waals surface area contributed by atoms with Gasteiger partial charge < -0.3 is 5.32 Å². The maximum atomic E-state index is 13.9. The van der Waals surface area contributed by atoms with Crippen molar-refractivity contribution in [2.24, 2.45) is 0 Å². The Morgan fingerprint density at radius 1 is 1.12 bits per heavy atom. The van der Waals surface area contributed by atoms with E-state index in [2.05, 4.69) is 5.32 Å². The summed E-state index contributed by atoms with van der Waals surface area (Å²) >= 11 is 2.65. The smallest absolute Gasteiger partial charge is 0.267 e. The van der Waals surface area contributed by atoms with Crippen LogP contribution in [0.25, 0.3) is 15.9 Å². The molecule has 5 nitrogen and oxygen atoms in total. The summed E-state index contributed by atoms with van der Waals surface area (Å²) in [6.07, 6.45) is 3.99. The SMILES string of the molecule is O=C(CSc1nc2sc3c(c2c(=O)n1-c1ccccc1)CCCC3)Nc1ccc(F)cc1F. The molecule has 0 fully saturated rings. The lowest BCUT2D eigenvalue weighted by Gasteiger charge is -2.13. The summed E-state index contributed by atoms with van der Waals surface area (Å²) in [4.78, 5) is 32.8. The van der Waals surface area contributed by atoms with Crippen molar-refractivity contribution in [3.8, 4) is 5.69 Å². The number of rotatable bonds is 5. The number of aryl methyl sites for hydroxylation is 2. The van der Waals surface area contributed by atoms with E-state index >= 15 is 0 Å². The van der Waals surface area contributed by atoms with Crippen molar-refractivity contribution in [3.63, 3.8) is 0 Å². The minimum absolute atomic E-state index is 0.0906. The van der Waals surface area contributed by atoms with Crippen molar-refractivity contribution in [1.82, 2.24) is 9.55 Å². The number of carbonyl (C=O) groups excluding carboxylic acids is 1. The normalized spacial score (nSPS) is 13.2. The van der Waals surface area contributed by atoms with Gasteiger partial charge in [-0.25, -0.2) is 13.8 Å². The molecule has 2 heterocycles. The molecule has 33 heavy (non-hydrogen) atoms. The fourth-order valence-corrected chi connectivity index (χ4v) is 6.11. The number of benzene rings is 2. The molecular formula is C24H19F2N3O2S2. The topological polar surface area (TPSA) is 64.0 Å². The van der Waals surface area contributed by atoms with Gasteiger partial charge in [-0.2, -0.15) is 0 Å². The lowest BCUT2D eigenvalue weighted by Crippen LogP contribution is -2.23. The number of para-hydroxylation sites is 1.